The third-order valence-corrected chi connectivity index (χ3v) is 3.74. The summed E-state index contributed by atoms with van der Waals surface area (Å²) in [5.74, 6) is -0.826. The van der Waals surface area contributed by atoms with Crippen LogP contribution in [-0.4, -0.2) is 24.5 Å². The summed E-state index contributed by atoms with van der Waals surface area (Å²) in [5.41, 5.74) is 6.29. The maximum Gasteiger partial charge on any atom is 0.325 e. The molecule has 0 radical (unpaired) electrons. The molecule has 1 saturated carbocycles. The van der Waals surface area contributed by atoms with Crippen LogP contribution in [0.3, 0.4) is 0 Å². The number of esters is 1. The maximum absolute atomic E-state index is 11.9. The number of nitrogen functional groups attached to an aromatic ring is 1. The molecule has 0 aliphatic heterocycles. The Labute approximate surface area is 128 Å². The van der Waals surface area contributed by atoms with E-state index >= 15 is 0 Å². The fourth-order valence-electron chi connectivity index (χ4n) is 2.40. The first-order valence-electron chi connectivity index (χ1n) is 7.09. The van der Waals surface area contributed by atoms with E-state index < -0.39 is 11.9 Å². The Morgan fingerprint density at radius 1 is 1.29 bits per heavy atom. The van der Waals surface area contributed by atoms with Crippen LogP contribution in [0.15, 0.2) is 18.2 Å². The molecule has 5 nitrogen and oxygen atoms in total. The lowest BCUT2D eigenvalue weighted by Gasteiger charge is -2.21. The zero-order valence-electron chi connectivity index (χ0n) is 11.7. The second kappa shape index (κ2) is 7.31. The van der Waals surface area contributed by atoms with E-state index in [1.807, 2.05) is 0 Å². The standard InChI is InChI=1S/C15H19ClN2O3/c16-10-6-7-12(13(17)8-10)15(20)18-9-14(19)21-11-4-2-1-3-5-11/h6-8,11H,1-5,9,17H2,(H,18,20). The number of carbonyl (C=O) groups is 2. The number of carbonyl (C=O) groups excluding carboxylic acids is 2. The molecule has 1 amide bonds. The molecule has 1 aliphatic carbocycles. The third kappa shape index (κ3) is 4.63. The minimum atomic E-state index is -0.414. The van der Waals surface area contributed by atoms with Crippen molar-refractivity contribution in [2.75, 3.05) is 12.3 Å². The first kappa shape index (κ1) is 15.6. The van der Waals surface area contributed by atoms with Crippen molar-refractivity contribution in [2.45, 2.75) is 38.2 Å². The van der Waals surface area contributed by atoms with Gasteiger partial charge in [0.2, 0.25) is 0 Å². The van der Waals surface area contributed by atoms with Gasteiger partial charge in [-0.1, -0.05) is 18.0 Å². The van der Waals surface area contributed by atoms with Crippen molar-refractivity contribution in [1.82, 2.24) is 5.32 Å². The molecule has 3 N–H and O–H groups in total. The molecule has 2 rings (SSSR count). The van der Waals surface area contributed by atoms with Gasteiger partial charge >= 0.3 is 5.97 Å². The second-order valence-corrected chi connectivity index (χ2v) is 5.60. The maximum atomic E-state index is 11.9. The minimum Gasteiger partial charge on any atom is -0.461 e. The number of benzene rings is 1. The highest BCUT2D eigenvalue weighted by molar-refractivity contribution is 6.31. The van der Waals surface area contributed by atoms with E-state index in [1.165, 1.54) is 18.6 Å². The summed E-state index contributed by atoms with van der Waals surface area (Å²) in [4.78, 5) is 23.6. The fourth-order valence-corrected chi connectivity index (χ4v) is 2.58. The third-order valence-electron chi connectivity index (χ3n) is 3.50. The molecule has 6 heteroatoms. The first-order chi connectivity index (χ1) is 10.1. The average Bonchev–Trinajstić information content (AvgIpc) is 2.46. The average molecular weight is 311 g/mol. The molecule has 0 unspecified atom stereocenters. The monoisotopic (exact) mass is 310 g/mol. The van der Waals surface area contributed by atoms with Crippen LogP contribution >= 0.6 is 11.6 Å². The molecule has 1 fully saturated rings. The molecule has 0 spiro atoms. The van der Waals surface area contributed by atoms with Gasteiger partial charge in [0.1, 0.15) is 12.6 Å². The van der Waals surface area contributed by atoms with Gasteiger partial charge in [-0.25, -0.2) is 0 Å². The molecule has 1 aromatic rings. The summed E-state index contributed by atoms with van der Waals surface area (Å²) in [6.45, 7) is -0.155. The topological polar surface area (TPSA) is 81.4 Å². The van der Waals surface area contributed by atoms with Crippen LogP contribution in [0.4, 0.5) is 5.69 Å². The van der Waals surface area contributed by atoms with E-state index in [-0.39, 0.29) is 18.3 Å². The molecular weight excluding hydrogens is 292 g/mol. The zero-order valence-corrected chi connectivity index (χ0v) is 12.5. The van der Waals surface area contributed by atoms with E-state index in [1.54, 1.807) is 6.07 Å². The van der Waals surface area contributed by atoms with Crippen LogP contribution in [0, 0.1) is 0 Å². The number of ether oxygens (including phenoxy) is 1. The lowest BCUT2D eigenvalue weighted by atomic mass is 9.98. The van der Waals surface area contributed by atoms with Crippen LogP contribution in [0.1, 0.15) is 42.5 Å². The van der Waals surface area contributed by atoms with Crippen molar-refractivity contribution in [3.8, 4) is 0 Å². The van der Waals surface area contributed by atoms with Crippen molar-refractivity contribution in [3.63, 3.8) is 0 Å². The van der Waals surface area contributed by atoms with Crippen LogP contribution in [0.5, 0.6) is 0 Å². The van der Waals surface area contributed by atoms with Gasteiger partial charge in [0.25, 0.3) is 5.91 Å². The van der Waals surface area contributed by atoms with E-state index in [0.29, 0.717) is 10.6 Å². The van der Waals surface area contributed by atoms with Crippen LogP contribution in [0.2, 0.25) is 5.02 Å². The second-order valence-electron chi connectivity index (χ2n) is 5.16. The molecule has 1 aromatic carbocycles. The van der Waals surface area contributed by atoms with Gasteiger partial charge in [-0.2, -0.15) is 0 Å². The normalized spacial score (nSPS) is 15.5. The summed E-state index contributed by atoms with van der Waals surface area (Å²) in [6.07, 6.45) is 5.18. The van der Waals surface area contributed by atoms with Gasteiger partial charge in [0.15, 0.2) is 0 Å². The van der Waals surface area contributed by atoms with Gasteiger partial charge in [-0.05, 0) is 43.9 Å². The number of hydrogen-bond acceptors (Lipinski definition) is 4. The van der Waals surface area contributed by atoms with E-state index in [0.717, 1.165) is 25.7 Å². The summed E-state index contributed by atoms with van der Waals surface area (Å²) in [7, 11) is 0. The van der Waals surface area contributed by atoms with Crippen molar-refractivity contribution in [1.29, 1.82) is 0 Å². The fraction of sp³-hybridized carbons (Fsp3) is 0.467. The Morgan fingerprint density at radius 3 is 2.67 bits per heavy atom. The predicted octanol–water partition coefficient (Wildman–Crippen LogP) is 2.53. The number of halogens is 1. The molecule has 0 heterocycles. The molecular formula is C15H19ClN2O3. The summed E-state index contributed by atoms with van der Waals surface area (Å²) >= 11 is 5.77. The Hall–Kier alpha value is -1.75. The van der Waals surface area contributed by atoms with Gasteiger partial charge in [0, 0.05) is 10.7 Å². The number of hydrogen-bond donors (Lipinski definition) is 2. The van der Waals surface area contributed by atoms with Gasteiger partial charge < -0.3 is 15.8 Å². The van der Waals surface area contributed by atoms with Gasteiger partial charge in [-0.15, -0.1) is 0 Å². The smallest absolute Gasteiger partial charge is 0.325 e. The Morgan fingerprint density at radius 2 is 2.00 bits per heavy atom. The molecule has 114 valence electrons. The van der Waals surface area contributed by atoms with Crippen molar-refractivity contribution >= 4 is 29.2 Å². The lowest BCUT2D eigenvalue weighted by Crippen LogP contribution is -2.33. The molecule has 0 saturated heterocycles. The highest BCUT2D eigenvalue weighted by Crippen LogP contribution is 2.20. The first-order valence-corrected chi connectivity index (χ1v) is 7.47. The summed E-state index contributed by atoms with van der Waals surface area (Å²) < 4.78 is 5.32. The number of anilines is 1. The Kier molecular flexibility index (Phi) is 5.44. The van der Waals surface area contributed by atoms with Gasteiger partial charge in [0.05, 0.1) is 5.56 Å². The van der Waals surface area contributed by atoms with E-state index in [9.17, 15) is 9.59 Å². The zero-order chi connectivity index (χ0) is 15.2. The van der Waals surface area contributed by atoms with Crippen LogP contribution < -0.4 is 11.1 Å². The number of nitrogens with two attached hydrogens (primary N) is 1. The largest absolute Gasteiger partial charge is 0.461 e. The SMILES string of the molecule is Nc1cc(Cl)ccc1C(=O)NCC(=O)OC1CCCCC1. The Bertz CT molecular complexity index is 528. The van der Waals surface area contributed by atoms with Crippen molar-refractivity contribution in [2.24, 2.45) is 0 Å². The summed E-state index contributed by atoms with van der Waals surface area (Å²) in [6, 6.07) is 4.60. The number of nitrogens with one attached hydrogen (secondary N) is 1. The van der Waals surface area contributed by atoms with Crippen molar-refractivity contribution in [3.05, 3.63) is 28.8 Å². The highest BCUT2D eigenvalue weighted by Gasteiger charge is 2.18. The molecule has 0 aromatic heterocycles. The van der Waals surface area contributed by atoms with E-state index in [2.05, 4.69) is 5.32 Å². The Balaban J connectivity index is 1.81. The predicted molar refractivity (Wildman–Crippen MR) is 81.2 cm³/mol. The number of amides is 1. The van der Waals surface area contributed by atoms with Crippen LogP contribution in [-0.2, 0) is 9.53 Å². The van der Waals surface area contributed by atoms with Gasteiger partial charge in [-0.3, -0.25) is 9.59 Å². The molecule has 0 atom stereocenters. The molecule has 21 heavy (non-hydrogen) atoms. The molecule has 0 bridgehead atoms. The van der Waals surface area contributed by atoms with E-state index in [4.69, 9.17) is 22.1 Å². The summed E-state index contributed by atoms with van der Waals surface area (Å²) in [5, 5.41) is 2.97. The highest BCUT2D eigenvalue weighted by atomic mass is 35.5. The minimum absolute atomic E-state index is 0.0104. The van der Waals surface area contributed by atoms with Crippen LogP contribution in [0.25, 0.3) is 0 Å². The number of rotatable bonds is 4. The van der Waals surface area contributed by atoms with Crippen molar-refractivity contribution < 1.29 is 14.3 Å². The molecule has 1 aliphatic rings. The lowest BCUT2D eigenvalue weighted by molar-refractivity contribution is -0.149. The quantitative estimate of drug-likeness (QED) is 0.661.